The van der Waals surface area contributed by atoms with Gasteiger partial charge in [0.25, 0.3) is 0 Å². The first-order chi connectivity index (χ1) is 2.00. The summed E-state index contributed by atoms with van der Waals surface area (Å²) < 4.78 is 0. The second-order valence-electron chi connectivity index (χ2n) is 2.07. The molecule has 0 spiro atoms. The van der Waals surface area contributed by atoms with Crippen molar-refractivity contribution in [1.82, 2.24) is 0 Å². The first kappa shape index (κ1) is 9.87. The van der Waals surface area contributed by atoms with Crippen LogP contribution < -0.4 is 0 Å². The minimum atomic E-state index is -1.14. The van der Waals surface area contributed by atoms with E-state index in [-0.39, 0.29) is 11.0 Å². The van der Waals surface area contributed by atoms with E-state index in [0.717, 1.165) is 0 Å². The summed E-state index contributed by atoms with van der Waals surface area (Å²) in [6, 6.07) is 0. The molecule has 0 saturated carbocycles. The highest BCUT2D eigenvalue weighted by Gasteiger charge is 2.04. The second-order valence-corrected chi connectivity index (χ2v) is 9.60. The normalized spacial score (nSPS) is 10.0. The summed E-state index contributed by atoms with van der Waals surface area (Å²) in [6.45, 7) is 6.28. The van der Waals surface area contributed by atoms with Crippen LogP contribution in [0.4, 0.5) is 0 Å². The Bertz CT molecular complexity index is 24.3. The van der Waals surface area contributed by atoms with Crippen LogP contribution in [0.5, 0.6) is 0 Å². The summed E-state index contributed by atoms with van der Waals surface area (Å²) in [6.07, 6.45) is 0. The lowest BCUT2D eigenvalue weighted by Gasteiger charge is -1.97. The molecule has 6 heavy (non-hydrogen) atoms. The molecule has 0 saturated heterocycles. The highest BCUT2D eigenvalue weighted by molar-refractivity contribution is 7.18. The zero-order valence-corrected chi connectivity index (χ0v) is 5.63. The molecule has 3 heteroatoms. The van der Waals surface area contributed by atoms with Crippen LogP contribution in [0, 0.1) is 0 Å². The molecule has 0 unspecified atom stereocenters. The van der Waals surface area contributed by atoms with Crippen LogP contribution in [0.1, 0.15) is 0 Å². The van der Waals surface area contributed by atoms with Gasteiger partial charge in [-0.2, -0.15) is 11.1 Å². The van der Waals surface area contributed by atoms with Crippen LogP contribution in [0.2, 0.25) is 19.6 Å². The average molecular weight is 141 g/mol. The fraction of sp³-hybridized carbons (Fsp3) is 1.00. The average Bonchev–Trinajstić information content (AvgIpc) is 0.722. The van der Waals surface area contributed by atoms with Gasteiger partial charge in [-0.25, -0.2) is 0 Å². The van der Waals surface area contributed by atoms with E-state index in [1.54, 1.807) is 0 Å². The Kier molecular flexibility index (Phi) is 4.65. The van der Waals surface area contributed by atoms with Crippen molar-refractivity contribution in [3.63, 3.8) is 0 Å². The van der Waals surface area contributed by atoms with Gasteiger partial charge in [0.05, 0.1) is 0 Å². The molecule has 0 aromatic heterocycles. The van der Waals surface area contributed by atoms with Crippen LogP contribution in [0.15, 0.2) is 0 Å². The summed E-state index contributed by atoms with van der Waals surface area (Å²) in [5.41, 5.74) is 0. The Balaban J connectivity index is 0. The molecular weight excluding hydrogens is 128 g/mol. The Hall–Kier alpha value is 0.724. The molecule has 0 aliphatic carbocycles. The van der Waals surface area contributed by atoms with Gasteiger partial charge in [0.1, 0.15) is 7.38 Å². The molecule has 0 heterocycles. The van der Waals surface area contributed by atoms with Crippen molar-refractivity contribution in [2.24, 2.45) is 0 Å². The summed E-state index contributed by atoms with van der Waals surface area (Å²) in [5.74, 6) is 0. The van der Waals surface area contributed by atoms with Crippen molar-refractivity contribution in [1.29, 1.82) is 0 Å². The fourth-order valence-electron chi connectivity index (χ4n) is 0. The molecule has 0 N–H and O–H groups in total. The molecular formula is C3H13ClSi2. The van der Waals surface area contributed by atoms with E-state index in [2.05, 4.69) is 19.6 Å². The Labute approximate surface area is 49.6 Å². The summed E-state index contributed by atoms with van der Waals surface area (Å²) in [7, 11) is -1.14. The lowest BCUT2D eigenvalue weighted by molar-refractivity contribution is 1.87. The van der Waals surface area contributed by atoms with Crippen LogP contribution in [-0.4, -0.2) is 18.3 Å². The van der Waals surface area contributed by atoms with Crippen molar-refractivity contribution < 1.29 is 0 Å². The molecule has 0 amide bonds. The Morgan fingerprint density at radius 2 is 1.17 bits per heavy atom. The van der Waals surface area contributed by atoms with Crippen LogP contribution in [0.3, 0.4) is 0 Å². The van der Waals surface area contributed by atoms with E-state index in [0.29, 0.717) is 0 Å². The summed E-state index contributed by atoms with van der Waals surface area (Å²) in [4.78, 5) is 0. The molecule has 0 atom stereocenters. The summed E-state index contributed by atoms with van der Waals surface area (Å²) >= 11 is 5.67. The third kappa shape index (κ3) is 125. The molecule has 0 aromatic rings. The van der Waals surface area contributed by atoms with Gasteiger partial charge in [0.2, 0.25) is 0 Å². The maximum atomic E-state index is 5.67. The van der Waals surface area contributed by atoms with Crippen molar-refractivity contribution in [3.8, 4) is 0 Å². The zero-order valence-electron chi connectivity index (χ0n) is 3.88. The molecule has 0 bridgehead atoms. The van der Waals surface area contributed by atoms with Gasteiger partial charge in [-0.05, 0) is 11.0 Å². The quantitative estimate of drug-likeness (QED) is 0.342. The number of hydrogen-bond donors (Lipinski definition) is 0. The van der Waals surface area contributed by atoms with E-state index in [4.69, 9.17) is 11.1 Å². The molecule has 40 valence electrons. The maximum Gasteiger partial charge on any atom is 0.147 e. The molecule has 0 aliphatic rings. The van der Waals surface area contributed by atoms with Crippen LogP contribution in [0.25, 0.3) is 0 Å². The first-order valence-corrected chi connectivity index (χ1v) is 6.20. The Morgan fingerprint density at radius 1 is 1.17 bits per heavy atom. The van der Waals surface area contributed by atoms with Gasteiger partial charge in [0.15, 0.2) is 0 Å². The largest absolute Gasteiger partial charge is 0.168 e. The molecule has 0 fully saturated rings. The standard InChI is InChI=1S/C3H9ClSi.H4Si/c1-5(2,3)4;/h1-3H3;1H4. The summed E-state index contributed by atoms with van der Waals surface area (Å²) in [5, 5.41) is 0. The smallest absolute Gasteiger partial charge is 0.147 e. The molecule has 0 radical (unpaired) electrons. The number of halogens is 1. The highest BCUT2D eigenvalue weighted by Crippen LogP contribution is 2.03. The molecule has 0 aromatic carbocycles. The minimum Gasteiger partial charge on any atom is -0.168 e. The third-order valence-electron chi connectivity index (χ3n) is 0. The van der Waals surface area contributed by atoms with Crippen molar-refractivity contribution >= 4 is 29.4 Å². The highest BCUT2D eigenvalue weighted by atomic mass is 35.6. The van der Waals surface area contributed by atoms with Crippen molar-refractivity contribution in [3.05, 3.63) is 0 Å². The van der Waals surface area contributed by atoms with Gasteiger partial charge in [-0.1, -0.05) is 19.6 Å². The van der Waals surface area contributed by atoms with Crippen LogP contribution in [-0.2, 0) is 0 Å². The van der Waals surface area contributed by atoms with E-state index < -0.39 is 7.38 Å². The lowest BCUT2D eigenvalue weighted by Crippen LogP contribution is -2.06. The Morgan fingerprint density at radius 3 is 1.17 bits per heavy atom. The first-order valence-electron chi connectivity index (χ1n) is 1.69. The fourth-order valence-corrected chi connectivity index (χ4v) is 0. The number of rotatable bonds is 0. The molecule has 0 nitrogen and oxygen atoms in total. The van der Waals surface area contributed by atoms with E-state index in [1.807, 2.05) is 0 Å². The number of hydrogen-bond acceptors (Lipinski definition) is 0. The predicted molar refractivity (Wildman–Crippen MR) is 40.5 cm³/mol. The van der Waals surface area contributed by atoms with E-state index in [1.165, 1.54) is 0 Å². The lowest BCUT2D eigenvalue weighted by atomic mass is 11.8. The topological polar surface area (TPSA) is 0 Å². The minimum absolute atomic E-state index is 0. The van der Waals surface area contributed by atoms with Crippen molar-refractivity contribution in [2.45, 2.75) is 19.6 Å². The predicted octanol–water partition coefficient (Wildman–Crippen LogP) is 0.608. The third-order valence-corrected chi connectivity index (χ3v) is 0. The molecule has 0 aliphatic heterocycles. The van der Waals surface area contributed by atoms with E-state index >= 15 is 0 Å². The van der Waals surface area contributed by atoms with Gasteiger partial charge >= 0.3 is 0 Å². The SMILES string of the molecule is C[Si](C)(C)Cl.[SiH4]. The van der Waals surface area contributed by atoms with Crippen molar-refractivity contribution in [2.75, 3.05) is 0 Å². The van der Waals surface area contributed by atoms with E-state index in [9.17, 15) is 0 Å². The van der Waals surface area contributed by atoms with Gasteiger partial charge in [0, 0.05) is 0 Å². The second kappa shape index (κ2) is 2.83. The zero-order chi connectivity index (χ0) is 4.50. The monoisotopic (exact) mass is 140 g/mol. The molecule has 0 rings (SSSR count). The van der Waals surface area contributed by atoms with Gasteiger partial charge in [-0.15, -0.1) is 0 Å². The van der Waals surface area contributed by atoms with Gasteiger partial charge in [-0.3, -0.25) is 0 Å². The van der Waals surface area contributed by atoms with Crippen LogP contribution >= 0.6 is 11.1 Å². The van der Waals surface area contributed by atoms with Gasteiger partial charge < -0.3 is 0 Å². The maximum absolute atomic E-state index is 5.67.